The highest BCUT2D eigenvalue weighted by Crippen LogP contribution is 2.17. The molecule has 0 fully saturated rings. The molecule has 1 N–H and O–H groups in total. The number of halogens is 1. The minimum atomic E-state index is 0.468. The molecule has 0 amide bonds. The van der Waals surface area contributed by atoms with Gasteiger partial charge in [-0.15, -0.1) is 0 Å². The van der Waals surface area contributed by atoms with E-state index in [0.717, 1.165) is 23.3 Å². The fourth-order valence-corrected chi connectivity index (χ4v) is 1.35. The third-order valence-corrected chi connectivity index (χ3v) is 2.19. The Morgan fingerprint density at radius 1 is 1.57 bits per heavy atom. The molecule has 1 rings (SSSR count). The van der Waals surface area contributed by atoms with E-state index in [1.165, 1.54) is 0 Å². The first-order chi connectivity index (χ1) is 6.77. The highest BCUT2D eigenvalue weighted by Gasteiger charge is 2.02. The van der Waals surface area contributed by atoms with E-state index >= 15 is 0 Å². The summed E-state index contributed by atoms with van der Waals surface area (Å²) in [5.74, 6) is 1.49. The first-order valence-electron chi connectivity index (χ1n) is 4.54. The fraction of sp³-hybridized carbons (Fsp3) is 0.556. The van der Waals surface area contributed by atoms with Gasteiger partial charge in [0.2, 0.25) is 0 Å². The van der Waals surface area contributed by atoms with Crippen molar-refractivity contribution in [2.45, 2.75) is 20.0 Å². The van der Waals surface area contributed by atoms with Gasteiger partial charge in [0.05, 0.1) is 4.47 Å². The van der Waals surface area contributed by atoms with Crippen molar-refractivity contribution in [2.75, 3.05) is 19.0 Å². The minimum Gasteiger partial charge on any atom is -0.373 e. The lowest BCUT2D eigenvalue weighted by molar-refractivity contribution is 0.116. The number of hydrogen-bond acceptors (Lipinski definition) is 4. The van der Waals surface area contributed by atoms with E-state index in [4.69, 9.17) is 4.74 Å². The van der Waals surface area contributed by atoms with Gasteiger partial charge in [0.15, 0.2) is 5.82 Å². The summed E-state index contributed by atoms with van der Waals surface area (Å²) in [5, 5.41) is 2.97. The van der Waals surface area contributed by atoms with Crippen LogP contribution in [0.3, 0.4) is 0 Å². The highest BCUT2D eigenvalue weighted by molar-refractivity contribution is 9.10. The van der Waals surface area contributed by atoms with Crippen molar-refractivity contribution >= 4 is 21.7 Å². The van der Waals surface area contributed by atoms with Gasteiger partial charge >= 0.3 is 0 Å². The Balaban J connectivity index is 2.60. The Morgan fingerprint density at radius 2 is 2.36 bits per heavy atom. The summed E-state index contributed by atoms with van der Waals surface area (Å²) >= 11 is 3.34. The molecule has 0 aliphatic carbocycles. The van der Waals surface area contributed by atoms with Crippen molar-refractivity contribution in [3.63, 3.8) is 0 Å². The lowest BCUT2D eigenvalue weighted by Crippen LogP contribution is -2.03. The molecular formula is C9H14BrN3O. The molecule has 14 heavy (non-hydrogen) atoms. The van der Waals surface area contributed by atoms with Gasteiger partial charge in [-0.2, -0.15) is 0 Å². The van der Waals surface area contributed by atoms with Gasteiger partial charge < -0.3 is 10.1 Å². The predicted octanol–water partition coefficient (Wildman–Crippen LogP) is 2.21. The minimum absolute atomic E-state index is 0.468. The molecule has 5 heteroatoms. The Morgan fingerprint density at radius 3 is 3.00 bits per heavy atom. The second-order valence-corrected chi connectivity index (χ2v) is 3.64. The van der Waals surface area contributed by atoms with E-state index in [-0.39, 0.29) is 0 Å². The van der Waals surface area contributed by atoms with Crippen LogP contribution in [0.2, 0.25) is 0 Å². The van der Waals surface area contributed by atoms with Crippen molar-refractivity contribution in [3.05, 3.63) is 16.5 Å². The molecule has 0 saturated heterocycles. The van der Waals surface area contributed by atoms with Crippen LogP contribution < -0.4 is 5.32 Å². The molecular weight excluding hydrogens is 246 g/mol. The lowest BCUT2D eigenvalue weighted by atomic mass is 10.5. The van der Waals surface area contributed by atoms with Crippen LogP contribution in [-0.4, -0.2) is 23.6 Å². The number of nitrogens with zero attached hydrogens (tertiary/aromatic N) is 2. The van der Waals surface area contributed by atoms with Crippen LogP contribution in [-0.2, 0) is 11.3 Å². The quantitative estimate of drug-likeness (QED) is 0.824. The van der Waals surface area contributed by atoms with E-state index in [1.807, 2.05) is 7.05 Å². The third kappa shape index (κ3) is 3.23. The summed E-state index contributed by atoms with van der Waals surface area (Å²) in [7, 11) is 1.82. The molecule has 0 atom stereocenters. The average molecular weight is 260 g/mol. The molecule has 1 heterocycles. The number of ether oxygens (including phenoxy) is 1. The SMILES string of the molecule is CCCOCc1ncc(Br)c(NC)n1. The normalized spacial score (nSPS) is 10.2. The van der Waals surface area contributed by atoms with E-state index < -0.39 is 0 Å². The van der Waals surface area contributed by atoms with E-state index in [1.54, 1.807) is 6.20 Å². The molecule has 0 spiro atoms. The largest absolute Gasteiger partial charge is 0.373 e. The third-order valence-electron chi connectivity index (χ3n) is 1.61. The molecule has 78 valence electrons. The maximum absolute atomic E-state index is 5.34. The number of hydrogen-bond donors (Lipinski definition) is 1. The number of nitrogens with one attached hydrogen (secondary N) is 1. The molecule has 0 aliphatic rings. The van der Waals surface area contributed by atoms with Crippen LogP contribution >= 0.6 is 15.9 Å². The van der Waals surface area contributed by atoms with Crippen LogP contribution in [0.25, 0.3) is 0 Å². The van der Waals surface area contributed by atoms with Crippen molar-refractivity contribution in [2.24, 2.45) is 0 Å². The summed E-state index contributed by atoms with van der Waals surface area (Å²) in [5.41, 5.74) is 0. The zero-order valence-corrected chi connectivity index (χ0v) is 9.97. The van der Waals surface area contributed by atoms with Gasteiger partial charge in [0.1, 0.15) is 12.4 Å². The number of aromatic nitrogens is 2. The molecule has 0 bridgehead atoms. The predicted molar refractivity (Wildman–Crippen MR) is 59.2 cm³/mol. The number of rotatable bonds is 5. The van der Waals surface area contributed by atoms with Crippen LogP contribution in [0.15, 0.2) is 10.7 Å². The summed E-state index contributed by atoms with van der Waals surface area (Å²) in [4.78, 5) is 8.40. The Labute approximate surface area is 92.2 Å². The molecule has 0 saturated carbocycles. The van der Waals surface area contributed by atoms with Gasteiger partial charge in [-0.3, -0.25) is 0 Å². The zero-order valence-electron chi connectivity index (χ0n) is 8.38. The van der Waals surface area contributed by atoms with Crippen LogP contribution in [0.1, 0.15) is 19.2 Å². The van der Waals surface area contributed by atoms with Gasteiger partial charge in [0, 0.05) is 19.9 Å². The van der Waals surface area contributed by atoms with E-state index in [2.05, 4.69) is 38.1 Å². The number of anilines is 1. The van der Waals surface area contributed by atoms with Crippen LogP contribution in [0, 0.1) is 0 Å². The Hall–Kier alpha value is -0.680. The monoisotopic (exact) mass is 259 g/mol. The lowest BCUT2D eigenvalue weighted by Gasteiger charge is -2.05. The van der Waals surface area contributed by atoms with Crippen molar-refractivity contribution in [3.8, 4) is 0 Å². The maximum Gasteiger partial charge on any atom is 0.156 e. The topological polar surface area (TPSA) is 47.0 Å². The van der Waals surface area contributed by atoms with Crippen molar-refractivity contribution in [1.29, 1.82) is 0 Å². The second-order valence-electron chi connectivity index (χ2n) is 2.79. The van der Waals surface area contributed by atoms with E-state index in [9.17, 15) is 0 Å². The summed E-state index contributed by atoms with van der Waals surface area (Å²) in [6, 6.07) is 0. The van der Waals surface area contributed by atoms with Crippen LogP contribution in [0.5, 0.6) is 0 Å². The molecule has 1 aromatic heterocycles. The Bertz CT molecular complexity index is 293. The highest BCUT2D eigenvalue weighted by atomic mass is 79.9. The first kappa shape index (κ1) is 11.4. The smallest absolute Gasteiger partial charge is 0.156 e. The maximum atomic E-state index is 5.34. The average Bonchev–Trinajstić information content (AvgIpc) is 2.21. The van der Waals surface area contributed by atoms with E-state index in [0.29, 0.717) is 12.4 Å². The molecule has 1 aromatic rings. The van der Waals surface area contributed by atoms with Gasteiger partial charge in [-0.25, -0.2) is 9.97 Å². The molecule has 4 nitrogen and oxygen atoms in total. The standard InChI is InChI=1S/C9H14BrN3O/c1-3-4-14-6-8-12-5-7(10)9(11-2)13-8/h5H,3-4,6H2,1-2H3,(H,11,12,13). The van der Waals surface area contributed by atoms with Gasteiger partial charge in [-0.1, -0.05) is 6.92 Å². The Kier molecular flexibility index (Phi) is 4.82. The summed E-state index contributed by atoms with van der Waals surface area (Å²) in [6.07, 6.45) is 2.74. The first-order valence-corrected chi connectivity index (χ1v) is 5.34. The van der Waals surface area contributed by atoms with Crippen molar-refractivity contribution < 1.29 is 4.74 Å². The molecule has 0 unspecified atom stereocenters. The zero-order chi connectivity index (χ0) is 10.4. The van der Waals surface area contributed by atoms with Crippen molar-refractivity contribution in [1.82, 2.24) is 9.97 Å². The molecule has 0 aromatic carbocycles. The van der Waals surface area contributed by atoms with Gasteiger partial charge in [-0.05, 0) is 22.4 Å². The summed E-state index contributed by atoms with van der Waals surface area (Å²) in [6.45, 7) is 3.28. The van der Waals surface area contributed by atoms with Crippen LogP contribution in [0.4, 0.5) is 5.82 Å². The molecule has 0 aliphatic heterocycles. The summed E-state index contributed by atoms with van der Waals surface area (Å²) < 4.78 is 6.20. The fourth-order valence-electron chi connectivity index (χ4n) is 0.956. The molecule has 0 radical (unpaired) electrons. The van der Waals surface area contributed by atoms with Gasteiger partial charge in [0.25, 0.3) is 0 Å². The second kappa shape index (κ2) is 5.93.